The molecule has 102 heavy (non-hydrogen) atoms. The Morgan fingerprint density at radius 2 is 1.14 bits per heavy atom. The van der Waals surface area contributed by atoms with Gasteiger partial charge in [0, 0.05) is 101 Å². The van der Waals surface area contributed by atoms with E-state index in [1.54, 1.807) is 70.4 Å². The van der Waals surface area contributed by atoms with Crippen LogP contribution in [-0.4, -0.2) is 171 Å². The Hall–Kier alpha value is -11.1. The smallest absolute Gasteiger partial charge is 0.311 e. The molecule has 10 aromatic heterocycles. The van der Waals surface area contributed by atoms with Gasteiger partial charge in [-0.2, -0.15) is 20.4 Å². The van der Waals surface area contributed by atoms with E-state index in [1.165, 1.54) is 22.7 Å². The second kappa shape index (κ2) is 37.4. The maximum absolute atomic E-state index is 12.4. The Bertz CT molecular complexity index is 4310. The molecule has 8 N–H and O–H groups in total. The lowest BCUT2D eigenvalue weighted by molar-refractivity contribution is -0.159. The third kappa shape index (κ3) is 24.7. The number of halogens is 1. The molecule has 532 valence electrons. The molecule has 3 unspecified atom stereocenters. The summed E-state index contributed by atoms with van der Waals surface area (Å²) < 4.78 is 9.37. The number of anilines is 5. The molecule has 13 heterocycles. The van der Waals surface area contributed by atoms with Gasteiger partial charge in [0.15, 0.2) is 21.4 Å². The molecule has 3 saturated heterocycles. The van der Waals surface area contributed by atoms with Gasteiger partial charge in [-0.25, -0.2) is 0 Å². The van der Waals surface area contributed by atoms with Gasteiger partial charge in [0.05, 0.1) is 66.7 Å². The van der Waals surface area contributed by atoms with Gasteiger partial charge < -0.3 is 52.0 Å². The molecule has 4 amide bonds. The SMILES string of the molecule is CC(C)(C)OC(=O)C1CCN(c2ccc(N)nn2)C1.Cn1ccc(CNC(=O)c2nnc(Br)s2)n1.Cn1ccc(CNC(=O)c2nnc(N3CCC(c4ccc(NC(=O)Cc5ccccn5)nn4)C3)s2)n1.O=C(Cc1ccccn1)Nc1ccc(C2CCNC2)nn1.O=C(O)Cc1ccccn1. The van der Waals surface area contributed by atoms with Crippen LogP contribution in [0.5, 0.6) is 0 Å². The van der Waals surface area contributed by atoms with Crippen LogP contribution in [0.25, 0.3) is 0 Å². The summed E-state index contributed by atoms with van der Waals surface area (Å²) in [7, 11) is 3.65. The van der Waals surface area contributed by atoms with E-state index >= 15 is 0 Å². The molecule has 0 bridgehead atoms. The number of carbonyl (C=O) groups is 6. The molecule has 36 heteroatoms. The van der Waals surface area contributed by atoms with Crippen LogP contribution < -0.4 is 42.1 Å². The number of aliphatic carboxylic acids is 1. The molecule has 0 radical (unpaired) electrons. The Balaban J connectivity index is 0.000000158. The number of rotatable bonds is 19. The zero-order valence-electron chi connectivity index (χ0n) is 56.4. The van der Waals surface area contributed by atoms with E-state index in [2.05, 4.69) is 124 Å². The largest absolute Gasteiger partial charge is 0.481 e. The third-order valence-corrected chi connectivity index (χ3v) is 17.3. The number of carbonyl (C=O) groups excluding carboxylic acids is 5. The minimum atomic E-state index is -0.848. The van der Waals surface area contributed by atoms with Gasteiger partial charge in [-0.3, -0.25) is 53.1 Å². The van der Waals surface area contributed by atoms with Gasteiger partial charge in [0.25, 0.3) is 11.8 Å². The van der Waals surface area contributed by atoms with Gasteiger partial charge >= 0.3 is 11.9 Å². The van der Waals surface area contributed by atoms with E-state index in [0.717, 1.165) is 79.7 Å². The zero-order chi connectivity index (χ0) is 72.4. The highest BCUT2D eigenvalue weighted by Gasteiger charge is 2.33. The fourth-order valence-corrected chi connectivity index (χ4v) is 11.9. The number of amides is 4. The number of aryl methyl sites for hydroxylation is 2. The van der Waals surface area contributed by atoms with Crippen LogP contribution in [0.2, 0.25) is 0 Å². The van der Waals surface area contributed by atoms with Gasteiger partial charge in [-0.1, -0.05) is 40.9 Å². The monoisotopic (exact) mass is 1490 g/mol. The molecule has 3 aliphatic rings. The summed E-state index contributed by atoms with van der Waals surface area (Å²) in [5, 5.41) is 72.7. The Morgan fingerprint density at radius 3 is 1.60 bits per heavy atom. The highest BCUT2D eigenvalue weighted by atomic mass is 79.9. The number of nitrogens with one attached hydrogen (secondary N) is 5. The summed E-state index contributed by atoms with van der Waals surface area (Å²) in [6.07, 6.45) is 11.7. The quantitative estimate of drug-likeness (QED) is 0.0485. The Labute approximate surface area is 602 Å². The third-order valence-electron chi connectivity index (χ3n) is 15.0. The molecule has 0 aromatic carbocycles. The number of nitrogens with zero attached hydrogens (tertiary/aromatic N) is 19. The molecule has 13 rings (SSSR count). The molecule has 3 fully saturated rings. The van der Waals surface area contributed by atoms with E-state index < -0.39 is 11.6 Å². The van der Waals surface area contributed by atoms with Crippen molar-refractivity contribution < 1.29 is 38.6 Å². The summed E-state index contributed by atoms with van der Waals surface area (Å²) in [6, 6.07) is 30.8. The highest BCUT2D eigenvalue weighted by molar-refractivity contribution is 9.11. The summed E-state index contributed by atoms with van der Waals surface area (Å²) in [4.78, 5) is 86.5. The second-order valence-corrected chi connectivity index (χ2v) is 27.4. The maximum Gasteiger partial charge on any atom is 0.311 e. The van der Waals surface area contributed by atoms with E-state index in [-0.39, 0.29) is 60.7 Å². The normalized spacial score (nSPS) is 15.1. The Morgan fingerprint density at radius 1 is 0.588 bits per heavy atom. The standard InChI is InChI=1S/C23H24N10O2S.C15H17N5O.C13H20N4O2.C8H8BrN5OS.C7H7NO2/c1-32-10-8-17(31-32)13-25-21(35)22-29-30-23(36-22)33-11-7-15(14-33)18-5-6-19(28-27-18)26-20(34)12-16-4-2-3-9-24-16;21-15(9-12-3-1-2-7-17-12)18-14-5-4-13(19-20-14)11-6-8-16-10-11;1-13(2,3)19-12(18)9-6-7-17(8-9)11-5-4-10(14)15-16-11;1-14-3-2-5(13-14)4-10-6(15)7-11-12-8(9)16-7;9-7(10)5-6-3-1-2-4-8-6/h2-6,8-10,15H,7,11-14H2,1H3,(H,25,35)(H,26,28,34);1-5,7,11,16H,6,8-10H2,(H,18,20,21);4-5,9H,6-8H2,1-3H3,(H2,14,15);2-3H,4H2,1H3,(H,10,15);1-4H,5H2,(H,9,10). The van der Waals surface area contributed by atoms with E-state index in [0.29, 0.717) is 80.0 Å². The zero-order valence-corrected chi connectivity index (χ0v) is 59.6. The number of hydrogen-bond donors (Lipinski definition) is 7. The second-order valence-electron chi connectivity index (χ2n) is 24.2. The van der Waals surface area contributed by atoms with Crippen molar-refractivity contribution in [3.8, 4) is 0 Å². The number of carboxylic acids is 1. The first kappa shape index (κ1) is 75.1. The number of ether oxygens (including phenoxy) is 1. The predicted octanol–water partition coefficient (Wildman–Crippen LogP) is 5.59. The van der Waals surface area contributed by atoms with E-state index in [9.17, 15) is 28.8 Å². The first-order chi connectivity index (χ1) is 49.1. The van der Waals surface area contributed by atoms with Crippen molar-refractivity contribution in [3.63, 3.8) is 0 Å². The highest BCUT2D eigenvalue weighted by Crippen LogP contribution is 2.32. The summed E-state index contributed by atoms with van der Waals surface area (Å²) in [5.74, 6) is 0.683. The first-order valence-electron chi connectivity index (χ1n) is 32.2. The number of aromatic nitrogens is 17. The molecule has 0 spiro atoms. The number of carboxylic acid groups (broad SMARTS) is 1. The van der Waals surface area contributed by atoms with Gasteiger partial charge in [0.1, 0.15) is 11.4 Å². The van der Waals surface area contributed by atoms with Crippen molar-refractivity contribution in [1.82, 2.24) is 101 Å². The molecule has 3 aliphatic heterocycles. The van der Waals surface area contributed by atoms with Gasteiger partial charge in [-0.15, -0.1) is 40.8 Å². The molecule has 3 atom stereocenters. The molecule has 0 aliphatic carbocycles. The minimum absolute atomic E-state index is 0.000833. The van der Waals surface area contributed by atoms with Gasteiger partial charge in [0.2, 0.25) is 27.0 Å². The van der Waals surface area contributed by atoms with E-state index in [1.807, 2.05) is 113 Å². The van der Waals surface area contributed by atoms with Crippen molar-refractivity contribution in [3.05, 3.63) is 188 Å². The van der Waals surface area contributed by atoms with Crippen molar-refractivity contribution in [2.24, 2.45) is 20.0 Å². The lowest BCUT2D eigenvalue weighted by Gasteiger charge is -2.22. The van der Waals surface area contributed by atoms with Crippen LogP contribution in [0.15, 0.2) is 138 Å². The minimum Gasteiger partial charge on any atom is -0.481 e. The predicted molar refractivity (Wildman–Crippen MR) is 381 cm³/mol. The van der Waals surface area contributed by atoms with Crippen molar-refractivity contribution in [1.29, 1.82) is 0 Å². The average molecular weight is 1490 g/mol. The molecular weight excluding hydrogens is 1410 g/mol. The lowest BCUT2D eigenvalue weighted by Crippen LogP contribution is -2.30. The number of pyridine rings is 3. The molecular formula is C66H76BrN25O8S2. The molecule has 0 saturated carbocycles. The van der Waals surface area contributed by atoms with Crippen LogP contribution in [0.1, 0.15) is 111 Å². The average Bonchev–Trinajstić information content (AvgIpc) is 1.68. The van der Waals surface area contributed by atoms with Crippen LogP contribution >= 0.6 is 38.6 Å². The van der Waals surface area contributed by atoms with Crippen molar-refractivity contribution in [2.75, 3.05) is 65.4 Å². The van der Waals surface area contributed by atoms with Crippen LogP contribution in [0.4, 0.5) is 28.4 Å². The van der Waals surface area contributed by atoms with Crippen molar-refractivity contribution in [2.45, 2.75) is 89.8 Å². The fraction of sp³-hybridized carbons (Fsp3) is 0.348. The molecule has 10 aromatic rings. The number of nitrogens with two attached hydrogens (primary N) is 1. The number of hydrogen-bond acceptors (Lipinski definition) is 28. The number of esters is 1. The summed E-state index contributed by atoms with van der Waals surface area (Å²) in [5.41, 5.74) is 10.5. The van der Waals surface area contributed by atoms with Crippen LogP contribution in [-0.2, 0) is 70.4 Å². The van der Waals surface area contributed by atoms with Crippen LogP contribution in [0.3, 0.4) is 0 Å². The van der Waals surface area contributed by atoms with Gasteiger partial charge in [-0.05, 0) is 147 Å². The summed E-state index contributed by atoms with van der Waals surface area (Å²) in [6.45, 7) is 11.2. The molecule has 33 nitrogen and oxygen atoms in total. The summed E-state index contributed by atoms with van der Waals surface area (Å²) >= 11 is 5.61. The first-order valence-corrected chi connectivity index (χ1v) is 34.6. The fourth-order valence-electron chi connectivity index (χ4n) is 10.1. The lowest BCUT2D eigenvalue weighted by atomic mass is 10.1. The number of nitrogen functional groups attached to an aromatic ring is 1. The Kier molecular flexibility index (Phi) is 27.5. The van der Waals surface area contributed by atoms with Crippen molar-refractivity contribution >= 4 is 103 Å². The van der Waals surface area contributed by atoms with Crippen LogP contribution in [0, 0.1) is 5.92 Å². The maximum atomic E-state index is 12.4. The van der Waals surface area contributed by atoms with E-state index in [4.69, 9.17) is 15.6 Å². The topological polar surface area (TPSA) is 428 Å².